The molecule has 0 aliphatic rings. The molecule has 24 heavy (non-hydrogen) atoms. The smallest absolute Gasteiger partial charge is 0.314 e. The van der Waals surface area contributed by atoms with Gasteiger partial charge in [0.1, 0.15) is 5.75 Å². The number of para-hydroxylation sites is 2. The van der Waals surface area contributed by atoms with Crippen LogP contribution in [0.2, 0.25) is 0 Å². The van der Waals surface area contributed by atoms with Gasteiger partial charge in [0.2, 0.25) is 0 Å². The number of carbonyl (C=O) groups is 2. The van der Waals surface area contributed by atoms with Crippen molar-refractivity contribution in [1.82, 2.24) is 0 Å². The Hall–Kier alpha value is -3.42. The predicted molar refractivity (Wildman–Crippen MR) is 88.0 cm³/mol. The zero-order chi connectivity index (χ0) is 17.5. The van der Waals surface area contributed by atoms with Gasteiger partial charge >= 0.3 is 11.8 Å². The van der Waals surface area contributed by atoms with Gasteiger partial charge in [-0.3, -0.25) is 19.7 Å². The van der Waals surface area contributed by atoms with E-state index in [1.54, 1.807) is 31.2 Å². The Kier molecular flexibility index (Phi) is 5.45. The number of non-ortho nitro benzene ring substituents is 1. The van der Waals surface area contributed by atoms with Crippen molar-refractivity contribution in [3.8, 4) is 5.75 Å². The van der Waals surface area contributed by atoms with Crippen LogP contribution in [-0.4, -0.2) is 23.3 Å². The Bertz CT molecular complexity index is 776. The molecule has 2 rings (SSSR count). The van der Waals surface area contributed by atoms with Crippen LogP contribution in [0, 0.1) is 10.1 Å². The standard InChI is InChI=1S/C16H15N3O5/c1-2-24-14-9-4-3-8-13(14)18-16(21)15(20)17-11-6-5-7-12(10-11)19(22)23/h3-10H,2H2,1H3,(H,17,20)(H,18,21). The van der Waals surface area contributed by atoms with Gasteiger partial charge in [-0.25, -0.2) is 0 Å². The SMILES string of the molecule is CCOc1ccccc1NC(=O)C(=O)Nc1cccc([N+](=O)[O-])c1. The zero-order valence-corrected chi connectivity index (χ0v) is 12.8. The summed E-state index contributed by atoms with van der Waals surface area (Å²) < 4.78 is 5.36. The van der Waals surface area contributed by atoms with Crippen LogP contribution >= 0.6 is 0 Å². The van der Waals surface area contributed by atoms with Crippen LogP contribution in [0.25, 0.3) is 0 Å². The van der Waals surface area contributed by atoms with E-state index in [2.05, 4.69) is 10.6 Å². The average molecular weight is 329 g/mol. The monoisotopic (exact) mass is 329 g/mol. The van der Waals surface area contributed by atoms with Crippen LogP contribution in [0.1, 0.15) is 6.92 Å². The molecule has 2 aromatic rings. The van der Waals surface area contributed by atoms with Crippen molar-refractivity contribution in [3.05, 3.63) is 58.6 Å². The van der Waals surface area contributed by atoms with E-state index in [9.17, 15) is 19.7 Å². The number of nitro benzene ring substituents is 1. The molecule has 0 bridgehead atoms. The molecule has 0 saturated heterocycles. The van der Waals surface area contributed by atoms with E-state index in [4.69, 9.17) is 4.74 Å². The molecule has 2 N–H and O–H groups in total. The number of rotatable bonds is 5. The van der Waals surface area contributed by atoms with Gasteiger partial charge in [0.05, 0.1) is 17.2 Å². The first-order chi connectivity index (χ1) is 11.5. The molecule has 8 heteroatoms. The number of nitrogens with one attached hydrogen (secondary N) is 2. The van der Waals surface area contributed by atoms with E-state index < -0.39 is 16.7 Å². The van der Waals surface area contributed by atoms with Crippen molar-refractivity contribution in [2.75, 3.05) is 17.2 Å². The third-order valence-corrected chi connectivity index (χ3v) is 2.96. The third-order valence-electron chi connectivity index (χ3n) is 2.96. The Morgan fingerprint density at radius 1 is 1.08 bits per heavy atom. The molecule has 0 atom stereocenters. The highest BCUT2D eigenvalue weighted by atomic mass is 16.6. The predicted octanol–water partition coefficient (Wildman–Crippen LogP) is 2.57. The summed E-state index contributed by atoms with van der Waals surface area (Å²) in [7, 11) is 0. The topological polar surface area (TPSA) is 111 Å². The van der Waals surface area contributed by atoms with Gasteiger partial charge in [-0.15, -0.1) is 0 Å². The summed E-state index contributed by atoms with van der Waals surface area (Å²) in [6, 6.07) is 12.0. The lowest BCUT2D eigenvalue weighted by molar-refractivity contribution is -0.384. The molecule has 2 aromatic carbocycles. The van der Waals surface area contributed by atoms with Crippen molar-refractivity contribution in [2.24, 2.45) is 0 Å². The number of ether oxygens (including phenoxy) is 1. The molecule has 0 aliphatic heterocycles. The lowest BCUT2D eigenvalue weighted by Gasteiger charge is -2.11. The molecule has 2 amide bonds. The number of anilines is 2. The van der Waals surface area contributed by atoms with Gasteiger partial charge in [0.15, 0.2) is 0 Å². The number of amides is 2. The molecule has 124 valence electrons. The molecule has 0 aliphatic carbocycles. The first-order valence-electron chi connectivity index (χ1n) is 7.10. The van der Waals surface area contributed by atoms with Gasteiger partial charge in [-0.05, 0) is 25.1 Å². The van der Waals surface area contributed by atoms with E-state index in [0.29, 0.717) is 18.0 Å². The van der Waals surface area contributed by atoms with Gasteiger partial charge in [-0.1, -0.05) is 18.2 Å². The zero-order valence-electron chi connectivity index (χ0n) is 12.8. The third kappa shape index (κ3) is 4.29. The van der Waals surface area contributed by atoms with Gasteiger partial charge < -0.3 is 15.4 Å². The Morgan fingerprint density at radius 2 is 1.79 bits per heavy atom. The Morgan fingerprint density at radius 3 is 2.50 bits per heavy atom. The normalized spacial score (nSPS) is 9.88. The molecule has 8 nitrogen and oxygen atoms in total. The van der Waals surface area contributed by atoms with Gasteiger partial charge in [-0.2, -0.15) is 0 Å². The minimum atomic E-state index is -0.943. The highest BCUT2D eigenvalue weighted by molar-refractivity contribution is 6.43. The molecule has 0 fully saturated rings. The number of carbonyl (C=O) groups excluding carboxylic acids is 2. The highest BCUT2D eigenvalue weighted by Gasteiger charge is 2.17. The summed E-state index contributed by atoms with van der Waals surface area (Å²) in [5.41, 5.74) is 0.330. The fourth-order valence-electron chi connectivity index (χ4n) is 1.92. The van der Waals surface area contributed by atoms with Crippen LogP contribution in [0.4, 0.5) is 17.1 Å². The van der Waals surface area contributed by atoms with E-state index in [1.165, 1.54) is 24.3 Å². The first-order valence-corrected chi connectivity index (χ1v) is 7.10. The van der Waals surface area contributed by atoms with Crippen molar-refractivity contribution >= 4 is 28.9 Å². The second-order valence-corrected chi connectivity index (χ2v) is 4.64. The second kappa shape index (κ2) is 7.73. The van der Waals surface area contributed by atoms with Crippen LogP contribution in [0.3, 0.4) is 0 Å². The fraction of sp³-hybridized carbons (Fsp3) is 0.125. The van der Waals surface area contributed by atoms with E-state index in [0.717, 1.165) is 0 Å². The first kappa shape index (κ1) is 16.9. The molecule has 0 radical (unpaired) electrons. The van der Waals surface area contributed by atoms with Crippen LogP contribution in [-0.2, 0) is 9.59 Å². The molecule has 0 saturated carbocycles. The maximum Gasteiger partial charge on any atom is 0.314 e. The summed E-state index contributed by atoms with van der Waals surface area (Å²) >= 11 is 0. The largest absolute Gasteiger partial charge is 0.492 e. The van der Waals surface area contributed by atoms with Crippen molar-refractivity contribution in [1.29, 1.82) is 0 Å². The summed E-state index contributed by atoms with van der Waals surface area (Å²) in [5, 5.41) is 15.5. The van der Waals surface area contributed by atoms with Crippen LogP contribution < -0.4 is 15.4 Å². The molecular formula is C16H15N3O5. The Balaban J connectivity index is 2.06. The number of hydrogen-bond donors (Lipinski definition) is 2. The summed E-state index contributed by atoms with van der Waals surface area (Å²) in [6.45, 7) is 2.21. The number of nitrogens with zero attached hydrogens (tertiary/aromatic N) is 1. The maximum absolute atomic E-state index is 12.0. The quantitative estimate of drug-likeness (QED) is 0.497. The van der Waals surface area contributed by atoms with Crippen LogP contribution in [0.15, 0.2) is 48.5 Å². The number of hydrogen-bond acceptors (Lipinski definition) is 5. The fourth-order valence-corrected chi connectivity index (χ4v) is 1.92. The highest BCUT2D eigenvalue weighted by Crippen LogP contribution is 2.23. The van der Waals surface area contributed by atoms with E-state index in [1.807, 2.05) is 0 Å². The minimum absolute atomic E-state index is 0.155. The van der Waals surface area contributed by atoms with Crippen molar-refractivity contribution < 1.29 is 19.2 Å². The second-order valence-electron chi connectivity index (χ2n) is 4.64. The van der Waals surface area contributed by atoms with Gasteiger partial charge in [0, 0.05) is 17.8 Å². The molecule has 0 spiro atoms. The minimum Gasteiger partial charge on any atom is -0.492 e. The Labute approximate surface area is 137 Å². The molecule has 0 aromatic heterocycles. The summed E-state index contributed by atoms with van der Waals surface area (Å²) in [4.78, 5) is 34.0. The summed E-state index contributed by atoms with van der Waals surface area (Å²) in [5.74, 6) is -1.41. The van der Waals surface area contributed by atoms with E-state index >= 15 is 0 Å². The van der Waals surface area contributed by atoms with E-state index in [-0.39, 0.29) is 11.4 Å². The van der Waals surface area contributed by atoms with Crippen LogP contribution in [0.5, 0.6) is 5.75 Å². The molecular weight excluding hydrogens is 314 g/mol. The number of benzene rings is 2. The van der Waals surface area contributed by atoms with Crippen molar-refractivity contribution in [3.63, 3.8) is 0 Å². The van der Waals surface area contributed by atoms with Gasteiger partial charge in [0.25, 0.3) is 5.69 Å². The summed E-state index contributed by atoms with van der Waals surface area (Å²) in [6.07, 6.45) is 0. The average Bonchev–Trinajstić information content (AvgIpc) is 2.57. The lowest BCUT2D eigenvalue weighted by Crippen LogP contribution is -2.29. The molecule has 0 heterocycles. The maximum atomic E-state index is 12.0. The lowest BCUT2D eigenvalue weighted by atomic mass is 10.2. The van der Waals surface area contributed by atoms with Crippen molar-refractivity contribution in [2.45, 2.75) is 6.92 Å². The molecule has 0 unspecified atom stereocenters. The number of nitro groups is 1.